The number of aliphatic carboxylic acids is 1. The SMILES string of the molecule is Cc1cccc(C(=O)C(=O)C(Cl)=C(Cl)C(=O)O)c1C(C)(C)C. The number of carbonyl (C=O) groups excluding carboxylic acids is 2. The van der Waals surface area contributed by atoms with E-state index in [0.717, 1.165) is 5.56 Å². The molecule has 1 rings (SSSR count). The Hall–Kier alpha value is -1.65. The molecule has 0 atom stereocenters. The van der Waals surface area contributed by atoms with E-state index >= 15 is 0 Å². The monoisotopic (exact) mass is 342 g/mol. The second-order valence-electron chi connectivity index (χ2n) is 5.84. The third-order valence-electron chi connectivity index (χ3n) is 3.05. The van der Waals surface area contributed by atoms with E-state index in [1.165, 1.54) is 6.07 Å². The molecule has 0 bridgehead atoms. The fourth-order valence-electron chi connectivity index (χ4n) is 2.27. The lowest BCUT2D eigenvalue weighted by molar-refractivity contribution is -0.132. The molecule has 0 aliphatic carbocycles. The van der Waals surface area contributed by atoms with Gasteiger partial charge in [0.1, 0.15) is 10.1 Å². The van der Waals surface area contributed by atoms with Crippen molar-refractivity contribution in [2.24, 2.45) is 0 Å². The number of ketones is 2. The Bertz CT molecular complexity index is 682. The van der Waals surface area contributed by atoms with E-state index in [-0.39, 0.29) is 11.0 Å². The van der Waals surface area contributed by atoms with Gasteiger partial charge in [0.2, 0.25) is 11.6 Å². The molecule has 0 aromatic heterocycles. The maximum atomic E-state index is 12.4. The zero-order valence-electron chi connectivity index (χ0n) is 12.7. The molecule has 1 N–H and O–H groups in total. The Labute approximate surface area is 138 Å². The van der Waals surface area contributed by atoms with Gasteiger partial charge in [-0.1, -0.05) is 62.2 Å². The largest absolute Gasteiger partial charge is 0.477 e. The van der Waals surface area contributed by atoms with Crippen molar-refractivity contribution in [2.75, 3.05) is 0 Å². The summed E-state index contributed by atoms with van der Waals surface area (Å²) in [4.78, 5) is 35.3. The highest BCUT2D eigenvalue weighted by atomic mass is 35.5. The Balaban J connectivity index is 3.43. The number of halogens is 2. The van der Waals surface area contributed by atoms with Gasteiger partial charge < -0.3 is 5.11 Å². The second kappa shape index (κ2) is 6.63. The van der Waals surface area contributed by atoms with Crippen molar-refractivity contribution < 1.29 is 19.5 Å². The highest BCUT2D eigenvalue weighted by molar-refractivity contribution is 6.65. The normalized spacial score (nSPS) is 12.6. The lowest BCUT2D eigenvalue weighted by Crippen LogP contribution is -2.23. The number of carboxylic acid groups (broad SMARTS) is 1. The van der Waals surface area contributed by atoms with Gasteiger partial charge in [-0.05, 0) is 23.5 Å². The minimum absolute atomic E-state index is 0.200. The first-order chi connectivity index (χ1) is 9.98. The van der Waals surface area contributed by atoms with E-state index in [1.807, 2.05) is 33.8 Å². The van der Waals surface area contributed by atoms with Crippen LogP contribution in [0.2, 0.25) is 0 Å². The predicted molar refractivity (Wildman–Crippen MR) is 85.6 cm³/mol. The van der Waals surface area contributed by atoms with Gasteiger partial charge in [-0.25, -0.2) is 4.79 Å². The molecule has 0 aliphatic rings. The minimum atomic E-state index is -1.56. The summed E-state index contributed by atoms with van der Waals surface area (Å²) in [5.41, 5.74) is 1.40. The molecule has 22 heavy (non-hydrogen) atoms. The van der Waals surface area contributed by atoms with Crippen LogP contribution in [0, 0.1) is 6.92 Å². The van der Waals surface area contributed by atoms with Crippen molar-refractivity contribution >= 4 is 40.7 Å². The standard InChI is InChI=1S/C16H16Cl2O4/c1-8-6-5-7-9(10(8)16(2,3)4)13(19)14(20)11(17)12(18)15(21)22/h5-7H,1-4H3,(H,21,22). The smallest absolute Gasteiger partial charge is 0.349 e. The highest BCUT2D eigenvalue weighted by Gasteiger charge is 2.30. The maximum Gasteiger partial charge on any atom is 0.349 e. The third kappa shape index (κ3) is 3.76. The number of hydrogen-bond donors (Lipinski definition) is 1. The van der Waals surface area contributed by atoms with Crippen molar-refractivity contribution in [2.45, 2.75) is 33.1 Å². The number of aryl methyl sites for hydroxylation is 1. The lowest BCUT2D eigenvalue weighted by Gasteiger charge is -2.24. The highest BCUT2D eigenvalue weighted by Crippen LogP contribution is 2.30. The summed E-state index contributed by atoms with van der Waals surface area (Å²) in [7, 11) is 0. The van der Waals surface area contributed by atoms with Gasteiger partial charge in [0, 0.05) is 5.56 Å². The maximum absolute atomic E-state index is 12.4. The molecule has 0 radical (unpaired) electrons. The number of benzene rings is 1. The quantitative estimate of drug-likeness (QED) is 0.513. The van der Waals surface area contributed by atoms with Gasteiger partial charge in [-0.2, -0.15) is 0 Å². The zero-order valence-corrected chi connectivity index (χ0v) is 14.2. The van der Waals surface area contributed by atoms with Crippen LogP contribution < -0.4 is 0 Å². The van der Waals surface area contributed by atoms with E-state index < -0.39 is 27.6 Å². The molecule has 118 valence electrons. The summed E-state index contributed by atoms with van der Waals surface area (Å²) in [5, 5.41) is 7.08. The molecule has 1 aromatic rings. The van der Waals surface area contributed by atoms with E-state index in [4.69, 9.17) is 28.3 Å². The number of allylic oxidation sites excluding steroid dienone is 1. The van der Waals surface area contributed by atoms with Crippen LogP contribution >= 0.6 is 23.2 Å². The number of rotatable bonds is 4. The van der Waals surface area contributed by atoms with E-state index in [9.17, 15) is 14.4 Å². The Morgan fingerprint density at radius 2 is 1.59 bits per heavy atom. The van der Waals surface area contributed by atoms with Crippen LogP contribution in [-0.4, -0.2) is 22.6 Å². The fraction of sp³-hybridized carbons (Fsp3) is 0.312. The minimum Gasteiger partial charge on any atom is -0.477 e. The van der Waals surface area contributed by atoms with Gasteiger partial charge in [0.25, 0.3) is 0 Å². The van der Waals surface area contributed by atoms with Crippen LogP contribution in [0.15, 0.2) is 28.3 Å². The molecule has 0 unspecified atom stereocenters. The molecular formula is C16H16Cl2O4. The Kier molecular flexibility index (Phi) is 5.54. The van der Waals surface area contributed by atoms with E-state index in [1.54, 1.807) is 6.07 Å². The Morgan fingerprint density at radius 3 is 2.05 bits per heavy atom. The summed E-state index contributed by atoms with van der Waals surface area (Å²) >= 11 is 11.1. The van der Waals surface area contributed by atoms with E-state index in [2.05, 4.69) is 0 Å². The van der Waals surface area contributed by atoms with Gasteiger partial charge >= 0.3 is 5.97 Å². The van der Waals surface area contributed by atoms with Crippen LogP contribution in [-0.2, 0) is 15.0 Å². The van der Waals surface area contributed by atoms with Gasteiger partial charge in [-0.3, -0.25) is 9.59 Å². The van der Waals surface area contributed by atoms with Gasteiger partial charge in [0.05, 0.1) is 0 Å². The fourth-order valence-corrected chi connectivity index (χ4v) is 2.52. The number of Topliss-reactive ketones (excluding diaryl/α,β-unsaturated/α-hetero) is 2. The van der Waals surface area contributed by atoms with Crippen LogP contribution in [0.3, 0.4) is 0 Å². The first-order valence-corrected chi connectivity index (χ1v) is 7.21. The summed E-state index contributed by atoms with van der Waals surface area (Å²) in [6.45, 7) is 7.58. The number of hydrogen-bond acceptors (Lipinski definition) is 3. The molecule has 6 heteroatoms. The topological polar surface area (TPSA) is 71.4 Å². The average Bonchev–Trinajstić information content (AvgIpc) is 2.42. The number of carbonyl (C=O) groups is 3. The first kappa shape index (κ1) is 18.4. The second-order valence-corrected chi connectivity index (χ2v) is 6.59. The molecule has 0 saturated carbocycles. The molecule has 0 saturated heterocycles. The van der Waals surface area contributed by atoms with Crippen molar-refractivity contribution in [1.29, 1.82) is 0 Å². The van der Waals surface area contributed by atoms with Gasteiger partial charge in [0.15, 0.2) is 0 Å². The summed E-state index contributed by atoms with van der Waals surface area (Å²) in [6, 6.07) is 5.01. The molecule has 0 fully saturated rings. The van der Waals surface area contributed by atoms with Crippen molar-refractivity contribution in [3.05, 3.63) is 45.0 Å². The molecule has 0 aliphatic heterocycles. The zero-order chi connectivity index (χ0) is 17.2. The first-order valence-electron chi connectivity index (χ1n) is 6.46. The van der Waals surface area contributed by atoms with E-state index in [0.29, 0.717) is 5.56 Å². The predicted octanol–water partition coefficient (Wildman–Crippen LogP) is 3.82. The summed E-state index contributed by atoms with van der Waals surface area (Å²) in [6.07, 6.45) is 0. The van der Waals surface area contributed by atoms with Crippen LogP contribution in [0.4, 0.5) is 0 Å². The van der Waals surface area contributed by atoms with Crippen molar-refractivity contribution in [3.63, 3.8) is 0 Å². The molecule has 0 spiro atoms. The molecule has 1 aromatic carbocycles. The molecule has 0 amide bonds. The molecule has 4 nitrogen and oxygen atoms in total. The van der Waals surface area contributed by atoms with Crippen molar-refractivity contribution in [1.82, 2.24) is 0 Å². The third-order valence-corrected chi connectivity index (χ3v) is 3.86. The molecule has 0 heterocycles. The van der Waals surface area contributed by atoms with Crippen LogP contribution in [0.5, 0.6) is 0 Å². The molecular weight excluding hydrogens is 327 g/mol. The van der Waals surface area contributed by atoms with Gasteiger partial charge in [-0.15, -0.1) is 0 Å². The Morgan fingerprint density at radius 1 is 1.05 bits per heavy atom. The number of carboxylic acids is 1. The van der Waals surface area contributed by atoms with Crippen LogP contribution in [0.1, 0.15) is 42.3 Å². The lowest BCUT2D eigenvalue weighted by atomic mass is 9.79. The van der Waals surface area contributed by atoms with Crippen LogP contribution in [0.25, 0.3) is 0 Å². The summed E-state index contributed by atoms with van der Waals surface area (Å²) in [5.74, 6) is -3.57. The summed E-state index contributed by atoms with van der Waals surface area (Å²) < 4.78 is 0. The van der Waals surface area contributed by atoms with Crippen molar-refractivity contribution in [3.8, 4) is 0 Å². The average molecular weight is 343 g/mol.